The van der Waals surface area contributed by atoms with Crippen molar-refractivity contribution in [1.82, 2.24) is 19.7 Å². The Morgan fingerprint density at radius 3 is 2.36 bits per heavy atom. The number of carbonyl (C=O) groups excluding carboxylic acids is 2. The molecule has 0 atom stereocenters. The number of carbonyl (C=O) groups is 2. The lowest BCUT2D eigenvalue weighted by atomic mass is 10.1. The lowest BCUT2D eigenvalue weighted by molar-refractivity contribution is -0.132. The predicted molar refractivity (Wildman–Crippen MR) is 129 cm³/mol. The fourth-order valence-electron chi connectivity index (χ4n) is 3.89. The van der Waals surface area contributed by atoms with E-state index in [4.69, 9.17) is 0 Å². The maximum Gasteiger partial charge on any atom is 0.319 e. The van der Waals surface area contributed by atoms with E-state index < -0.39 is 0 Å². The number of hydrogen-bond donors (Lipinski definition) is 1. The highest BCUT2D eigenvalue weighted by Gasteiger charge is 2.23. The van der Waals surface area contributed by atoms with Crippen LogP contribution in [0.1, 0.15) is 25.0 Å². The molecule has 6 nitrogen and oxygen atoms in total. The number of fused-ring (bicyclic) bond motifs is 1. The normalized spacial score (nSPS) is 11.1. The SMILES string of the molecule is CC(C)CN(CC(=O)N(CCc1c[nH]c2ccccc12)Cc1ccc(F)cc1)C(=O)N(C)C. The van der Waals surface area contributed by atoms with Gasteiger partial charge in [0.1, 0.15) is 12.4 Å². The molecule has 0 aliphatic heterocycles. The minimum atomic E-state index is -0.310. The summed E-state index contributed by atoms with van der Waals surface area (Å²) in [7, 11) is 3.38. The minimum Gasteiger partial charge on any atom is -0.361 e. The fourth-order valence-corrected chi connectivity index (χ4v) is 3.89. The zero-order valence-corrected chi connectivity index (χ0v) is 19.8. The average molecular weight is 453 g/mol. The number of amides is 3. The van der Waals surface area contributed by atoms with Crippen LogP contribution in [0.3, 0.4) is 0 Å². The molecule has 33 heavy (non-hydrogen) atoms. The second-order valence-corrected chi connectivity index (χ2v) is 9.00. The second kappa shape index (κ2) is 11.0. The van der Waals surface area contributed by atoms with E-state index in [0.29, 0.717) is 26.1 Å². The number of urea groups is 1. The van der Waals surface area contributed by atoms with Crippen LogP contribution in [-0.4, -0.2) is 65.4 Å². The summed E-state index contributed by atoms with van der Waals surface area (Å²) in [5.74, 6) is -0.205. The maximum atomic E-state index is 13.4. The Bertz CT molecular complexity index is 1080. The largest absolute Gasteiger partial charge is 0.361 e. The molecule has 0 spiro atoms. The molecule has 0 bridgehead atoms. The van der Waals surface area contributed by atoms with Gasteiger partial charge < -0.3 is 19.7 Å². The molecule has 1 N–H and O–H groups in total. The third-order valence-electron chi connectivity index (χ3n) is 5.53. The van der Waals surface area contributed by atoms with Crippen molar-refractivity contribution in [2.24, 2.45) is 5.92 Å². The quantitative estimate of drug-likeness (QED) is 0.519. The van der Waals surface area contributed by atoms with Gasteiger partial charge in [-0.25, -0.2) is 9.18 Å². The molecular formula is C26H33FN4O2. The monoisotopic (exact) mass is 452 g/mol. The number of hydrogen-bond acceptors (Lipinski definition) is 2. The Labute approximate surface area is 195 Å². The number of H-pyrrole nitrogens is 1. The van der Waals surface area contributed by atoms with E-state index in [0.717, 1.165) is 22.0 Å². The number of aromatic nitrogens is 1. The van der Waals surface area contributed by atoms with Crippen molar-refractivity contribution in [2.75, 3.05) is 33.7 Å². The van der Waals surface area contributed by atoms with E-state index in [1.165, 1.54) is 17.0 Å². The maximum absolute atomic E-state index is 13.4. The van der Waals surface area contributed by atoms with Gasteiger partial charge in [0.15, 0.2) is 0 Å². The zero-order valence-electron chi connectivity index (χ0n) is 19.8. The topological polar surface area (TPSA) is 59.7 Å². The van der Waals surface area contributed by atoms with Crippen molar-refractivity contribution >= 4 is 22.8 Å². The fraction of sp³-hybridized carbons (Fsp3) is 0.385. The highest BCUT2D eigenvalue weighted by atomic mass is 19.1. The molecule has 176 valence electrons. The van der Waals surface area contributed by atoms with E-state index >= 15 is 0 Å². The first-order valence-electron chi connectivity index (χ1n) is 11.3. The summed E-state index contributed by atoms with van der Waals surface area (Å²) >= 11 is 0. The van der Waals surface area contributed by atoms with Crippen LogP contribution in [0.25, 0.3) is 10.9 Å². The van der Waals surface area contributed by atoms with E-state index in [-0.39, 0.29) is 30.2 Å². The molecule has 0 radical (unpaired) electrons. The molecular weight excluding hydrogens is 419 g/mol. The molecule has 1 aromatic heterocycles. The molecule has 3 amide bonds. The first-order valence-corrected chi connectivity index (χ1v) is 11.3. The van der Waals surface area contributed by atoms with E-state index in [9.17, 15) is 14.0 Å². The minimum absolute atomic E-state index is 0.00424. The van der Waals surface area contributed by atoms with Gasteiger partial charge in [0.25, 0.3) is 0 Å². The smallest absolute Gasteiger partial charge is 0.319 e. The van der Waals surface area contributed by atoms with Gasteiger partial charge in [0.2, 0.25) is 5.91 Å². The number of rotatable bonds is 9. The summed E-state index contributed by atoms with van der Waals surface area (Å²) in [4.78, 5) is 34.2. The van der Waals surface area contributed by atoms with Gasteiger partial charge in [-0.2, -0.15) is 0 Å². The standard InChI is InChI=1S/C26H33FN4O2/c1-19(2)16-31(26(33)29(3)4)18-25(32)30(17-20-9-11-22(27)12-10-20)14-13-21-15-28-24-8-6-5-7-23(21)24/h5-12,15,19,28H,13-14,16-18H2,1-4H3. The zero-order chi connectivity index (χ0) is 24.0. The molecule has 3 rings (SSSR count). The summed E-state index contributed by atoms with van der Waals surface area (Å²) in [6.45, 7) is 5.39. The lowest BCUT2D eigenvalue weighted by Crippen LogP contribution is -2.47. The number of benzene rings is 2. The Morgan fingerprint density at radius 1 is 1.00 bits per heavy atom. The third kappa shape index (κ3) is 6.57. The Balaban J connectivity index is 1.79. The highest BCUT2D eigenvalue weighted by Crippen LogP contribution is 2.19. The van der Waals surface area contributed by atoms with Gasteiger partial charge in [-0.05, 0) is 41.7 Å². The number of halogens is 1. The van der Waals surface area contributed by atoms with Crippen molar-refractivity contribution in [3.8, 4) is 0 Å². The number of para-hydroxylation sites is 1. The van der Waals surface area contributed by atoms with Gasteiger partial charge in [-0.15, -0.1) is 0 Å². The van der Waals surface area contributed by atoms with Crippen molar-refractivity contribution in [2.45, 2.75) is 26.8 Å². The van der Waals surface area contributed by atoms with Crippen LogP contribution in [-0.2, 0) is 17.8 Å². The molecule has 0 aliphatic carbocycles. The van der Waals surface area contributed by atoms with Crippen LogP contribution in [0.15, 0.2) is 54.7 Å². The van der Waals surface area contributed by atoms with Crippen LogP contribution in [0, 0.1) is 11.7 Å². The van der Waals surface area contributed by atoms with Crippen LogP contribution < -0.4 is 0 Å². The third-order valence-corrected chi connectivity index (χ3v) is 5.53. The van der Waals surface area contributed by atoms with Crippen LogP contribution in [0.2, 0.25) is 0 Å². The van der Waals surface area contributed by atoms with Gasteiger partial charge in [-0.1, -0.05) is 44.2 Å². The van der Waals surface area contributed by atoms with Gasteiger partial charge >= 0.3 is 6.03 Å². The molecule has 2 aromatic carbocycles. The summed E-state index contributed by atoms with van der Waals surface area (Å²) in [5.41, 5.74) is 3.03. The highest BCUT2D eigenvalue weighted by molar-refractivity contribution is 5.85. The predicted octanol–water partition coefficient (Wildman–Crippen LogP) is 4.52. The Kier molecular flexibility index (Phi) is 8.09. The molecule has 0 saturated heterocycles. The summed E-state index contributed by atoms with van der Waals surface area (Å²) in [6, 6.07) is 14.1. The Hall–Kier alpha value is -3.35. The first-order chi connectivity index (χ1) is 15.7. The van der Waals surface area contributed by atoms with Gasteiger partial charge in [-0.3, -0.25) is 4.79 Å². The average Bonchev–Trinajstić information content (AvgIpc) is 3.19. The molecule has 1 heterocycles. The summed E-state index contributed by atoms with van der Waals surface area (Å²) in [6.07, 6.45) is 2.65. The van der Waals surface area contributed by atoms with Crippen LogP contribution >= 0.6 is 0 Å². The van der Waals surface area contributed by atoms with Crippen molar-refractivity contribution in [1.29, 1.82) is 0 Å². The van der Waals surface area contributed by atoms with Crippen LogP contribution in [0.5, 0.6) is 0 Å². The number of nitrogens with one attached hydrogen (secondary N) is 1. The van der Waals surface area contributed by atoms with E-state index in [1.807, 2.05) is 38.2 Å². The number of aromatic amines is 1. The summed E-state index contributed by atoms with van der Waals surface area (Å²) < 4.78 is 13.4. The lowest BCUT2D eigenvalue weighted by Gasteiger charge is -2.30. The second-order valence-electron chi connectivity index (χ2n) is 9.00. The Morgan fingerprint density at radius 2 is 1.70 bits per heavy atom. The van der Waals surface area contributed by atoms with Crippen molar-refractivity contribution in [3.63, 3.8) is 0 Å². The van der Waals surface area contributed by atoms with E-state index in [2.05, 4.69) is 11.1 Å². The molecule has 0 fully saturated rings. The van der Waals surface area contributed by atoms with Gasteiger partial charge in [0, 0.05) is 50.8 Å². The van der Waals surface area contributed by atoms with Crippen molar-refractivity contribution < 1.29 is 14.0 Å². The van der Waals surface area contributed by atoms with E-state index in [1.54, 1.807) is 36.0 Å². The molecule has 0 unspecified atom stereocenters. The molecule has 7 heteroatoms. The van der Waals surface area contributed by atoms with Gasteiger partial charge in [0.05, 0.1) is 0 Å². The first kappa shape index (κ1) is 24.3. The van der Waals surface area contributed by atoms with Crippen molar-refractivity contribution in [3.05, 3.63) is 71.7 Å². The van der Waals surface area contributed by atoms with Crippen LogP contribution in [0.4, 0.5) is 9.18 Å². The number of nitrogens with zero attached hydrogens (tertiary/aromatic N) is 3. The molecule has 0 aliphatic rings. The summed E-state index contributed by atoms with van der Waals surface area (Å²) in [5, 5.41) is 1.14. The molecule has 3 aromatic rings. The molecule has 0 saturated carbocycles.